The van der Waals surface area contributed by atoms with Crippen molar-refractivity contribution in [1.82, 2.24) is 5.32 Å². The van der Waals surface area contributed by atoms with Crippen LogP contribution in [0.3, 0.4) is 0 Å². The molecule has 104 valence electrons. The van der Waals surface area contributed by atoms with Gasteiger partial charge in [-0.05, 0) is 37.8 Å². The summed E-state index contributed by atoms with van der Waals surface area (Å²) in [5.41, 5.74) is 1.38. The molecule has 20 heavy (non-hydrogen) atoms. The Kier molecular flexibility index (Phi) is 4.89. The first-order valence-corrected chi connectivity index (χ1v) is 6.58. The van der Waals surface area contributed by atoms with Crippen LogP contribution in [0.4, 0.5) is 8.78 Å². The van der Waals surface area contributed by atoms with Gasteiger partial charge in [0.15, 0.2) is 0 Å². The maximum Gasteiger partial charge on any atom is 0.296 e. The van der Waals surface area contributed by atoms with E-state index >= 15 is 0 Å². The molecule has 0 bridgehead atoms. The average molecular weight is 275 g/mol. The van der Waals surface area contributed by atoms with E-state index in [2.05, 4.69) is 23.2 Å². The van der Waals surface area contributed by atoms with Crippen molar-refractivity contribution >= 4 is 5.91 Å². The molecule has 4 heteroatoms. The van der Waals surface area contributed by atoms with E-state index in [-0.39, 0.29) is 5.56 Å². The molecular formula is C16H15F2NO. The summed E-state index contributed by atoms with van der Waals surface area (Å²) >= 11 is 0. The number of allylic oxidation sites excluding steroid dienone is 1. The largest absolute Gasteiger partial charge is 0.345 e. The van der Waals surface area contributed by atoms with E-state index in [0.717, 1.165) is 31.4 Å². The molecule has 1 aliphatic rings. The molecule has 0 saturated heterocycles. The zero-order chi connectivity index (χ0) is 14.4. The second-order valence-electron chi connectivity index (χ2n) is 4.63. The minimum atomic E-state index is -0.763. The van der Waals surface area contributed by atoms with Gasteiger partial charge in [-0.2, -0.15) is 0 Å². The third-order valence-corrected chi connectivity index (χ3v) is 3.11. The number of nitrogens with one attached hydrogen (secondary N) is 1. The molecule has 0 unspecified atom stereocenters. The highest BCUT2D eigenvalue weighted by Crippen LogP contribution is 2.19. The number of hydrogen-bond donors (Lipinski definition) is 1. The molecule has 2 rings (SSSR count). The van der Waals surface area contributed by atoms with E-state index in [1.165, 1.54) is 18.1 Å². The summed E-state index contributed by atoms with van der Waals surface area (Å²) in [6.45, 7) is 0.533. The standard InChI is InChI=1S/C16H15F2NO/c17-14-7-5-13(15(18)11-14)6-8-16(20)19-10-9-12-3-1-2-4-12/h3,5,7,11H,1-2,4,9-10H2,(H,19,20). The van der Waals surface area contributed by atoms with Crippen LogP contribution in [0.25, 0.3) is 0 Å². The second kappa shape index (κ2) is 6.85. The van der Waals surface area contributed by atoms with Crippen molar-refractivity contribution in [2.75, 3.05) is 6.54 Å². The van der Waals surface area contributed by atoms with Crippen LogP contribution in [0.5, 0.6) is 0 Å². The summed E-state index contributed by atoms with van der Waals surface area (Å²) in [7, 11) is 0. The third-order valence-electron chi connectivity index (χ3n) is 3.11. The highest BCUT2D eigenvalue weighted by molar-refractivity contribution is 5.94. The summed E-state index contributed by atoms with van der Waals surface area (Å²) in [5.74, 6) is 2.82. The van der Waals surface area contributed by atoms with Gasteiger partial charge in [0.2, 0.25) is 0 Å². The Morgan fingerprint density at radius 1 is 1.35 bits per heavy atom. The minimum absolute atomic E-state index is 0.0139. The number of hydrogen-bond acceptors (Lipinski definition) is 1. The number of benzene rings is 1. The van der Waals surface area contributed by atoms with Crippen LogP contribution in [0.15, 0.2) is 29.8 Å². The first-order chi connectivity index (χ1) is 9.65. The van der Waals surface area contributed by atoms with E-state index in [1.54, 1.807) is 0 Å². The Morgan fingerprint density at radius 2 is 2.20 bits per heavy atom. The van der Waals surface area contributed by atoms with Crippen molar-refractivity contribution in [3.8, 4) is 11.8 Å². The molecule has 0 spiro atoms. The van der Waals surface area contributed by atoms with Gasteiger partial charge in [0.1, 0.15) is 11.6 Å². The van der Waals surface area contributed by atoms with Crippen molar-refractivity contribution in [1.29, 1.82) is 0 Å². The molecule has 0 saturated carbocycles. The lowest BCUT2D eigenvalue weighted by Gasteiger charge is -2.01. The highest BCUT2D eigenvalue weighted by atomic mass is 19.1. The maximum absolute atomic E-state index is 13.3. The molecule has 0 aromatic heterocycles. The number of amides is 1. The van der Waals surface area contributed by atoms with E-state index < -0.39 is 17.5 Å². The average Bonchev–Trinajstić information content (AvgIpc) is 2.91. The molecular weight excluding hydrogens is 260 g/mol. The Labute approximate surface area is 116 Å². The Morgan fingerprint density at radius 3 is 2.90 bits per heavy atom. The van der Waals surface area contributed by atoms with Gasteiger partial charge < -0.3 is 5.32 Å². The van der Waals surface area contributed by atoms with Crippen molar-refractivity contribution in [3.05, 3.63) is 47.0 Å². The fraction of sp³-hybridized carbons (Fsp3) is 0.312. The monoisotopic (exact) mass is 275 g/mol. The maximum atomic E-state index is 13.3. The van der Waals surface area contributed by atoms with Gasteiger partial charge >= 0.3 is 0 Å². The normalized spacial score (nSPS) is 13.4. The van der Waals surface area contributed by atoms with Crippen LogP contribution in [-0.4, -0.2) is 12.5 Å². The number of halogens is 2. The molecule has 2 nitrogen and oxygen atoms in total. The number of rotatable bonds is 3. The van der Waals surface area contributed by atoms with Crippen molar-refractivity contribution in [2.45, 2.75) is 25.7 Å². The Hall–Kier alpha value is -2.15. The fourth-order valence-electron chi connectivity index (χ4n) is 2.06. The molecule has 0 fully saturated rings. The third kappa shape index (κ3) is 4.20. The van der Waals surface area contributed by atoms with Crippen LogP contribution < -0.4 is 5.32 Å². The summed E-state index contributed by atoms with van der Waals surface area (Å²) in [5, 5.41) is 2.66. The Balaban J connectivity index is 1.83. The van der Waals surface area contributed by atoms with Gasteiger partial charge in [0.05, 0.1) is 5.56 Å². The van der Waals surface area contributed by atoms with Gasteiger partial charge in [-0.25, -0.2) is 8.78 Å². The molecule has 1 aromatic rings. The van der Waals surface area contributed by atoms with Crippen molar-refractivity contribution in [3.63, 3.8) is 0 Å². The van der Waals surface area contributed by atoms with Crippen LogP contribution in [0.2, 0.25) is 0 Å². The number of carbonyl (C=O) groups is 1. The molecule has 0 atom stereocenters. The lowest BCUT2D eigenvalue weighted by Crippen LogP contribution is -2.22. The minimum Gasteiger partial charge on any atom is -0.345 e. The predicted octanol–water partition coefficient (Wildman–Crippen LogP) is 2.93. The molecule has 1 aromatic carbocycles. The zero-order valence-electron chi connectivity index (χ0n) is 11.0. The van der Waals surface area contributed by atoms with Crippen LogP contribution in [0.1, 0.15) is 31.2 Å². The van der Waals surface area contributed by atoms with Crippen molar-refractivity contribution in [2.24, 2.45) is 0 Å². The molecule has 1 N–H and O–H groups in total. The van der Waals surface area contributed by atoms with Gasteiger partial charge in [-0.15, -0.1) is 0 Å². The van der Waals surface area contributed by atoms with E-state index in [9.17, 15) is 13.6 Å². The van der Waals surface area contributed by atoms with Gasteiger partial charge in [-0.3, -0.25) is 4.79 Å². The lowest BCUT2D eigenvalue weighted by molar-refractivity contribution is -0.115. The Bertz CT molecular complexity index is 596. The SMILES string of the molecule is O=C(C#Cc1ccc(F)cc1F)NCCC1=CCCC1. The van der Waals surface area contributed by atoms with Gasteiger partial charge in [0.25, 0.3) is 5.91 Å². The van der Waals surface area contributed by atoms with E-state index in [4.69, 9.17) is 0 Å². The fourth-order valence-corrected chi connectivity index (χ4v) is 2.06. The molecule has 1 aliphatic carbocycles. The summed E-state index contributed by atoms with van der Waals surface area (Å²) < 4.78 is 26.0. The van der Waals surface area contributed by atoms with Crippen LogP contribution in [-0.2, 0) is 4.79 Å². The number of carbonyl (C=O) groups excluding carboxylic acids is 1. The second-order valence-corrected chi connectivity index (χ2v) is 4.63. The van der Waals surface area contributed by atoms with Gasteiger partial charge in [-0.1, -0.05) is 17.6 Å². The van der Waals surface area contributed by atoms with Gasteiger partial charge in [0, 0.05) is 18.5 Å². The summed E-state index contributed by atoms with van der Waals surface area (Å²) in [4.78, 5) is 11.5. The molecule has 1 amide bonds. The molecule has 0 heterocycles. The summed E-state index contributed by atoms with van der Waals surface area (Å²) in [6.07, 6.45) is 6.44. The molecule has 0 radical (unpaired) electrons. The highest BCUT2D eigenvalue weighted by Gasteiger charge is 2.05. The summed E-state index contributed by atoms with van der Waals surface area (Å²) in [6, 6.07) is 3.07. The topological polar surface area (TPSA) is 29.1 Å². The molecule has 0 aliphatic heterocycles. The first kappa shape index (κ1) is 14.3. The lowest BCUT2D eigenvalue weighted by atomic mass is 10.2. The van der Waals surface area contributed by atoms with E-state index in [0.29, 0.717) is 6.54 Å². The first-order valence-electron chi connectivity index (χ1n) is 6.58. The van der Waals surface area contributed by atoms with E-state index in [1.807, 2.05) is 0 Å². The zero-order valence-corrected chi connectivity index (χ0v) is 11.0. The predicted molar refractivity (Wildman–Crippen MR) is 72.8 cm³/mol. The van der Waals surface area contributed by atoms with Crippen LogP contribution >= 0.6 is 0 Å². The van der Waals surface area contributed by atoms with Crippen molar-refractivity contribution < 1.29 is 13.6 Å². The van der Waals surface area contributed by atoms with Crippen LogP contribution in [0, 0.1) is 23.5 Å². The quantitative estimate of drug-likeness (QED) is 0.667. The smallest absolute Gasteiger partial charge is 0.296 e.